The Morgan fingerprint density at radius 1 is 1.56 bits per heavy atom. The van der Waals surface area contributed by atoms with Crippen molar-refractivity contribution in [3.05, 3.63) is 17.5 Å². The van der Waals surface area contributed by atoms with Crippen molar-refractivity contribution in [1.82, 2.24) is 15.1 Å². The molecule has 16 heavy (non-hydrogen) atoms. The summed E-state index contributed by atoms with van der Waals surface area (Å²) in [5.74, 6) is 0.439. The highest BCUT2D eigenvalue weighted by molar-refractivity contribution is 5.79. The minimum absolute atomic E-state index is 0.180. The highest BCUT2D eigenvalue weighted by Gasteiger charge is 2.05. The lowest BCUT2D eigenvalue weighted by Crippen LogP contribution is -2.31. The zero-order valence-corrected chi connectivity index (χ0v) is 10.0. The van der Waals surface area contributed by atoms with Crippen LogP contribution in [0.5, 0.6) is 0 Å². The number of nitrogens with one attached hydrogen (secondary N) is 2. The molecule has 0 aliphatic heterocycles. The fourth-order valence-electron chi connectivity index (χ4n) is 1.47. The molecule has 0 aromatic carbocycles. The summed E-state index contributed by atoms with van der Waals surface area (Å²) in [4.78, 5) is 10.7. The normalized spacial score (nSPS) is 10.2. The molecule has 0 fully saturated rings. The Bertz CT molecular complexity index is 395. The Morgan fingerprint density at radius 3 is 2.75 bits per heavy atom. The highest BCUT2D eigenvalue weighted by Crippen LogP contribution is 2.00. The molecule has 1 heterocycles. The number of carbonyl (C=O) groups excluding carboxylic acids is 1. The molecule has 5 heteroatoms. The third-order valence-electron chi connectivity index (χ3n) is 2.22. The minimum Gasteiger partial charge on any atom is -0.355 e. The van der Waals surface area contributed by atoms with Gasteiger partial charge in [-0.3, -0.25) is 5.41 Å². The summed E-state index contributed by atoms with van der Waals surface area (Å²) >= 11 is 0. The van der Waals surface area contributed by atoms with E-state index in [1.807, 2.05) is 19.9 Å². The monoisotopic (exact) mass is 222 g/mol. The predicted octanol–water partition coefficient (Wildman–Crippen LogP) is 1.24. The van der Waals surface area contributed by atoms with E-state index in [0.717, 1.165) is 17.8 Å². The lowest BCUT2D eigenvalue weighted by molar-refractivity contribution is -0.117. The molecule has 5 nitrogen and oxygen atoms in total. The van der Waals surface area contributed by atoms with Crippen molar-refractivity contribution < 1.29 is 4.79 Å². The van der Waals surface area contributed by atoms with Crippen molar-refractivity contribution in [3.8, 4) is 0 Å². The topological polar surface area (TPSA) is 70.8 Å². The molecular formula is C11H18N4O. The van der Waals surface area contributed by atoms with E-state index < -0.39 is 0 Å². The molecule has 2 N–H and O–H groups in total. The van der Waals surface area contributed by atoms with Gasteiger partial charge in [0.2, 0.25) is 5.96 Å². The molecule has 0 saturated carbocycles. The van der Waals surface area contributed by atoms with Crippen molar-refractivity contribution in [2.45, 2.75) is 33.6 Å². The maximum absolute atomic E-state index is 10.7. The summed E-state index contributed by atoms with van der Waals surface area (Å²) in [6.07, 6.45) is 1.30. The lowest BCUT2D eigenvalue weighted by Gasteiger charge is -2.08. The van der Waals surface area contributed by atoms with Crippen LogP contribution in [0.2, 0.25) is 0 Å². The molecule has 1 aromatic rings. The SMILES string of the molecule is CC(=O)CCCNC(=N)n1nc(C)cc1C. The number of aromatic nitrogens is 2. The number of nitrogens with zero attached hydrogens (tertiary/aromatic N) is 2. The van der Waals surface area contributed by atoms with E-state index in [1.165, 1.54) is 0 Å². The fourth-order valence-corrected chi connectivity index (χ4v) is 1.47. The van der Waals surface area contributed by atoms with Crippen LogP contribution < -0.4 is 5.32 Å². The second-order valence-corrected chi connectivity index (χ2v) is 3.92. The molecule has 0 aliphatic rings. The van der Waals surface area contributed by atoms with Crippen molar-refractivity contribution in [1.29, 1.82) is 5.41 Å². The van der Waals surface area contributed by atoms with Crippen molar-refractivity contribution in [2.75, 3.05) is 6.54 Å². The number of hydrogen-bond acceptors (Lipinski definition) is 3. The Kier molecular flexibility index (Phi) is 4.22. The minimum atomic E-state index is 0.180. The first-order valence-electron chi connectivity index (χ1n) is 5.36. The highest BCUT2D eigenvalue weighted by atomic mass is 16.1. The van der Waals surface area contributed by atoms with Gasteiger partial charge in [-0.25, -0.2) is 4.68 Å². The van der Waals surface area contributed by atoms with Gasteiger partial charge in [0.15, 0.2) is 0 Å². The number of aryl methyl sites for hydroxylation is 2. The number of ketones is 1. The molecule has 0 saturated heterocycles. The first-order valence-corrected chi connectivity index (χ1v) is 5.36. The van der Waals surface area contributed by atoms with Gasteiger partial charge < -0.3 is 10.1 Å². The van der Waals surface area contributed by atoms with Crippen LogP contribution in [-0.2, 0) is 4.79 Å². The molecule has 0 unspecified atom stereocenters. The summed E-state index contributed by atoms with van der Waals surface area (Å²) in [5, 5.41) is 14.9. The van der Waals surface area contributed by atoms with Crippen molar-refractivity contribution >= 4 is 11.7 Å². The zero-order valence-electron chi connectivity index (χ0n) is 10.0. The first kappa shape index (κ1) is 12.4. The maximum atomic E-state index is 10.7. The Labute approximate surface area is 95.4 Å². The average Bonchev–Trinajstić information content (AvgIpc) is 2.52. The van der Waals surface area contributed by atoms with Gasteiger partial charge in [0.1, 0.15) is 5.78 Å². The van der Waals surface area contributed by atoms with Crippen LogP contribution in [0.25, 0.3) is 0 Å². The molecule has 1 rings (SSSR count). The van der Waals surface area contributed by atoms with Gasteiger partial charge in [-0.15, -0.1) is 0 Å². The van der Waals surface area contributed by atoms with Gasteiger partial charge in [0.25, 0.3) is 0 Å². The molecule has 0 bridgehead atoms. The zero-order chi connectivity index (χ0) is 12.1. The van der Waals surface area contributed by atoms with Gasteiger partial charge in [0.05, 0.1) is 5.69 Å². The summed E-state index contributed by atoms with van der Waals surface area (Å²) in [6.45, 7) is 6.00. The van der Waals surface area contributed by atoms with Crippen LogP contribution >= 0.6 is 0 Å². The van der Waals surface area contributed by atoms with Gasteiger partial charge in [-0.05, 0) is 33.3 Å². The first-order chi connectivity index (χ1) is 7.50. The van der Waals surface area contributed by atoms with E-state index in [0.29, 0.717) is 13.0 Å². The van der Waals surface area contributed by atoms with Crippen molar-refractivity contribution in [3.63, 3.8) is 0 Å². The molecule has 0 atom stereocenters. The van der Waals surface area contributed by atoms with E-state index in [1.54, 1.807) is 11.6 Å². The van der Waals surface area contributed by atoms with Crippen LogP contribution in [0.4, 0.5) is 0 Å². The van der Waals surface area contributed by atoms with E-state index in [2.05, 4.69) is 10.4 Å². The van der Waals surface area contributed by atoms with E-state index in [-0.39, 0.29) is 11.7 Å². The second kappa shape index (κ2) is 5.44. The van der Waals surface area contributed by atoms with Gasteiger partial charge >= 0.3 is 0 Å². The quantitative estimate of drug-likeness (QED) is 0.457. The third kappa shape index (κ3) is 3.49. The van der Waals surface area contributed by atoms with E-state index in [9.17, 15) is 4.79 Å². The molecule has 0 aliphatic carbocycles. The maximum Gasteiger partial charge on any atom is 0.216 e. The van der Waals surface area contributed by atoms with Crippen LogP contribution in [-0.4, -0.2) is 28.1 Å². The van der Waals surface area contributed by atoms with Crippen molar-refractivity contribution in [2.24, 2.45) is 0 Å². The average molecular weight is 222 g/mol. The van der Waals surface area contributed by atoms with Crippen LogP contribution in [0, 0.1) is 19.3 Å². The Balaban J connectivity index is 2.41. The molecule has 0 amide bonds. The smallest absolute Gasteiger partial charge is 0.216 e. The summed E-state index contributed by atoms with van der Waals surface area (Å²) in [7, 11) is 0. The summed E-state index contributed by atoms with van der Waals surface area (Å²) < 4.78 is 1.56. The molecular weight excluding hydrogens is 204 g/mol. The molecule has 0 radical (unpaired) electrons. The predicted molar refractivity (Wildman–Crippen MR) is 62.7 cm³/mol. The number of carbonyl (C=O) groups is 1. The van der Waals surface area contributed by atoms with Crippen LogP contribution in [0.3, 0.4) is 0 Å². The Hall–Kier alpha value is -1.65. The Morgan fingerprint density at radius 2 is 2.25 bits per heavy atom. The summed E-state index contributed by atoms with van der Waals surface area (Å²) in [6, 6.07) is 1.92. The lowest BCUT2D eigenvalue weighted by atomic mass is 10.2. The summed E-state index contributed by atoms with van der Waals surface area (Å²) in [5.41, 5.74) is 1.83. The van der Waals surface area contributed by atoms with E-state index in [4.69, 9.17) is 5.41 Å². The second-order valence-electron chi connectivity index (χ2n) is 3.92. The largest absolute Gasteiger partial charge is 0.355 e. The number of rotatable bonds is 4. The van der Waals surface area contributed by atoms with E-state index >= 15 is 0 Å². The number of Topliss-reactive ketones (excluding diaryl/α,β-unsaturated/α-hetero) is 1. The fraction of sp³-hybridized carbons (Fsp3) is 0.545. The van der Waals surface area contributed by atoms with Gasteiger partial charge in [-0.1, -0.05) is 0 Å². The standard InChI is InChI=1S/C11H18N4O/c1-8-7-9(2)15(14-8)11(12)13-6-4-5-10(3)16/h7H,4-6H2,1-3H3,(H2,12,13). The molecule has 0 spiro atoms. The van der Waals surface area contributed by atoms with Gasteiger partial charge in [0, 0.05) is 18.7 Å². The molecule has 1 aromatic heterocycles. The van der Waals surface area contributed by atoms with Crippen LogP contribution in [0.15, 0.2) is 6.07 Å². The van der Waals surface area contributed by atoms with Crippen LogP contribution in [0.1, 0.15) is 31.2 Å². The number of hydrogen-bond donors (Lipinski definition) is 2. The van der Waals surface area contributed by atoms with Gasteiger partial charge in [-0.2, -0.15) is 5.10 Å². The third-order valence-corrected chi connectivity index (χ3v) is 2.22. The molecule has 88 valence electrons.